The van der Waals surface area contributed by atoms with Crippen molar-refractivity contribution >= 4 is 17.5 Å². The van der Waals surface area contributed by atoms with Gasteiger partial charge in [-0.25, -0.2) is 0 Å². The van der Waals surface area contributed by atoms with Crippen LogP contribution in [-0.2, 0) is 9.59 Å². The molecular formula is C21H26N2O3. The third-order valence-electron chi connectivity index (χ3n) is 4.09. The maximum absolute atomic E-state index is 12.0. The van der Waals surface area contributed by atoms with Crippen LogP contribution in [0.2, 0.25) is 0 Å². The molecule has 0 bridgehead atoms. The lowest BCUT2D eigenvalue weighted by atomic mass is 10.2. The molecule has 138 valence electrons. The third kappa shape index (κ3) is 5.92. The van der Waals surface area contributed by atoms with E-state index in [4.69, 9.17) is 4.74 Å². The second-order valence-corrected chi connectivity index (χ2v) is 6.21. The van der Waals surface area contributed by atoms with E-state index in [-0.39, 0.29) is 24.3 Å². The molecule has 0 fully saturated rings. The number of anilines is 1. The van der Waals surface area contributed by atoms with Gasteiger partial charge in [-0.15, -0.1) is 0 Å². The molecule has 26 heavy (non-hydrogen) atoms. The molecule has 1 N–H and O–H groups in total. The highest BCUT2D eigenvalue weighted by molar-refractivity contribution is 5.92. The number of carbonyl (C=O) groups excluding carboxylic acids is 2. The first-order valence-corrected chi connectivity index (χ1v) is 8.90. The van der Waals surface area contributed by atoms with Crippen LogP contribution >= 0.6 is 0 Å². The van der Waals surface area contributed by atoms with Gasteiger partial charge in [0.05, 0.1) is 0 Å². The molecule has 0 aliphatic carbocycles. The minimum Gasteiger partial charge on any atom is -0.457 e. The number of hydrogen-bond acceptors (Lipinski definition) is 3. The van der Waals surface area contributed by atoms with Crippen molar-refractivity contribution in [2.75, 3.05) is 11.4 Å². The van der Waals surface area contributed by atoms with Crippen LogP contribution < -0.4 is 15.0 Å². The lowest BCUT2D eigenvalue weighted by molar-refractivity contribution is -0.121. The van der Waals surface area contributed by atoms with E-state index in [9.17, 15) is 9.59 Å². The fourth-order valence-electron chi connectivity index (χ4n) is 2.45. The summed E-state index contributed by atoms with van der Waals surface area (Å²) in [4.78, 5) is 25.5. The number of para-hydroxylation sites is 1. The van der Waals surface area contributed by atoms with Crippen molar-refractivity contribution < 1.29 is 14.3 Å². The molecule has 2 rings (SSSR count). The maximum atomic E-state index is 12.0. The Balaban J connectivity index is 1.98. The van der Waals surface area contributed by atoms with Gasteiger partial charge in [-0.3, -0.25) is 9.59 Å². The number of hydrogen-bond donors (Lipinski definition) is 1. The van der Waals surface area contributed by atoms with E-state index in [1.807, 2.05) is 68.4 Å². The number of nitrogens with one attached hydrogen (secondary N) is 1. The van der Waals surface area contributed by atoms with Crippen LogP contribution in [0.25, 0.3) is 0 Å². The van der Waals surface area contributed by atoms with Crippen LogP contribution in [0.5, 0.6) is 11.5 Å². The number of carbonyl (C=O) groups is 2. The van der Waals surface area contributed by atoms with Crippen LogP contribution in [0.1, 0.15) is 33.6 Å². The fourth-order valence-corrected chi connectivity index (χ4v) is 2.45. The van der Waals surface area contributed by atoms with E-state index in [1.165, 1.54) is 6.92 Å². The van der Waals surface area contributed by atoms with Gasteiger partial charge in [0.25, 0.3) is 0 Å². The molecule has 0 aromatic heterocycles. The molecule has 0 aliphatic heterocycles. The van der Waals surface area contributed by atoms with Crippen molar-refractivity contribution in [2.45, 2.75) is 39.7 Å². The minimum atomic E-state index is -0.0990. The standard InChI is InChI=1S/C21H26N2O3/c1-4-16(2)22-21(25)14-15-23(17(3)24)18-10-12-20(13-11-18)26-19-8-6-5-7-9-19/h5-13,16H,4,14-15H2,1-3H3,(H,22,25). The molecule has 5 nitrogen and oxygen atoms in total. The van der Waals surface area contributed by atoms with Gasteiger partial charge < -0.3 is 15.0 Å². The summed E-state index contributed by atoms with van der Waals surface area (Å²) in [5.41, 5.74) is 0.745. The monoisotopic (exact) mass is 354 g/mol. The summed E-state index contributed by atoms with van der Waals surface area (Å²) in [6, 6.07) is 16.9. The molecule has 2 aromatic carbocycles. The van der Waals surface area contributed by atoms with Crippen molar-refractivity contribution in [3.63, 3.8) is 0 Å². The number of nitrogens with zero attached hydrogens (tertiary/aromatic N) is 1. The number of rotatable bonds is 8. The second kappa shape index (κ2) is 9.61. The second-order valence-electron chi connectivity index (χ2n) is 6.21. The summed E-state index contributed by atoms with van der Waals surface area (Å²) >= 11 is 0. The van der Waals surface area contributed by atoms with Gasteiger partial charge in [0.1, 0.15) is 11.5 Å². The summed E-state index contributed by atoms with van der Waals surface area (Å²) < 4.78 is 5.76. The van der Waals surface area contributed by atoms with Crippen LogP contribution in [0.15, 0.2) is 54.6 Å². The zero-order valence-corrected chi connectivity index (χ0v) is 15.6. The molecular weight excluding hydrogens is 328 g/mol. The first-order valence-electron chi connectivity index (χ1n) is 8.90. The van der Waals surface area contributed by atoms with Crippen molar-refractivity contribution in [1.29, 1.82) is 0 Å². The molecule has 2 amide bonds. The largest absolute Gasteiger partial charge is 0.457 e. The number of benzene rings is 2. The summed E-state index contributed by atoms with van der Waals surface area (Å²) in [6.45, 7) is 5.83. The SMILES string of the molecule is CCC(C)NC(=O)CCN(C(C)=O)c1ccc(Oc2ccccc2)cc1. The van der Waals surface area contributed by atoms with Gasteiger partial charge in [-0.1, -0.05) is 25.1 Å². The predicted molar refractivity (Wildman–Crippen MR) is 103 cm³/mol. The van der Waals surface area contributed by atoms with Gasteiger partial charge in [-0.2, -0.15) is 0 Å². The number of ether oxygens (including phenoxy) is 1. The molecule has 5 heteroatoms. The topological polar surface area (TPSA) is 58.6 Å². The van der Waals surface area contributed by atoms with E-state index in [0.717, 1.165) is 17.9 Å². The molecule has 1 unspecified atom stereocenters. The first-order chi connectivity index (χ1) is 12.5. The minimum absolute atomic E-state index is 0.0466. The lowest BCUT2D eigenvalue weighted by Crippen LogP contribution is -2.36. The molecule has 2 aromatic rings. The van der Waals surface area contributed by atoms with E-state index in [2.05, 4.69) is 5.32 Å². The molecule has 0 radical (unpaired) electrons. The molecule has 0 aliphatic rings. The fraction of sp³-hybridized carbons (Fsp3) is 0.333. The maximum Gasteiger partial charge on any atom is 0.223 e. The zero-order chi connectivity index (χ0) is 18.9. The quantitative estimate of drug-likeness (QED) is 0.775. The van der Waals surface area contributed by atoms with E-state index < -0.39 is 0 Å². The highest BCUT2D eigenvalue weighted by atomic mass is 16.5. The summed E-state index contributed by atoms with van der Waals surface area (Å²) in [7, 11) is 0. The molecule has 0 heterocycles. The average Bonchev–Trinajstić information content (AvgIpc) is 2.63. The van der Waals surface area contributed by atoms with Crippen molar-refractivity contribution in [3.05, 3.63) is 54.6 Å². The van der Waals surface area contributed by atoms with E-state index >= 15 is 0 Å². The summed E-state index contributed by atoms with van der Waals surface area (Å²) in [6.07, 6.45) is 1.15. The summed E-state index contributed by atoms with van der Waals surface area (Å²) in [5.74, 6) is 1.30. The van der Waals surface area contributed by atoms with Crippen LogP contribution in [0.3, 0.4) is 0 Å². The zero-order valence-electron chi connectivity index (χ0n) is 15.6. The van der Waals surface area contributed by atoms with Gasteiger partial charge in [0, 0.05) is 31.6 Å². The Kier molecular flexibility index (Phi) is 7.21. The van der Waals surface area contributed by atoms with Gasteiger partial charge >= 0.3 is 0 Å². The number of amides is 2. The Hall–Kier alpha value is -2.82. The Morgan fingerprint density at radius 3 is 2.23 bits per heavy atom. The first kappa shape index (κ1) is 19.5. The molecule has 1 atom stereocenters. The smallest absolute Gasteiger partial charge is 0.223 e. The Morgan fingerprint density at radius 2 is 1.65 bits per heavy atom. The summed E-state index contributed by atoms with van der Waals surface area (Å²) in [5, 5.41) is 2.91. The Morgan fingerprint density at radius 1 is 1.04 bits per heavy atom. The highest BCUT2D eigenvalue weighted by Gasteiger charge is 2.14. The van der Waals surface area contributed by atoms with E-state index in [1.54, 1.807) is 4.90 Å². The van der Waals surface area contributed by atoms with Gasteiger partial charge in [0.2, 0.25) is 11.8 Å². The normalized spacial score (nSPS) is 11.5. The van der Waals surface area contributed by atoms with Crippen LogP contribution in [0.4, 0.5) is 5.69 Å². The Labute approximate surface area is 155 Å². The van der Waals surface area contributed by atoms with Crippen molar-refractivity contribution in [1.82, 2.24) is 5.32 Å². The average molecular weight is 354 g/mol. The molecule has 0 spiro atoms. The Bertz CT molecular complexity index is 714. The van der Waals surface area contributed by atoms with Gasteiger partial charge in [0.15, 0.2) is 0 Å². The van der Waals surface area contributed by atoms with Gasteiger partial charge in [-0.05, 0) is 49.7 Å². The third-order valence-corrected chi connectivity index (χ3v) is 4.09. The highest BCUT2D eigenvalue weighted by Crippen LogP contribution is 2.24. The lowest BCUT2D eigenvalue weighted by Gasteiger charge is -2.22. The van der Waals surface area contributed by atoms with Crippen LogP contribution in [-0.4, -0.2) is 24.4 Å². The van der Waals surface area contributed by atoms with Crippen molar-refractivity contribution in [2.24, 2.45) is 0 Å². The van der Waals surface area contributed by atoms with Crippen LogP contribution in [0, 0.1) is 0 Å². The molecule has 0 saturated heterocycles. The predicted octanol–water partition coefficient (Wildman–Crippen LogP) is 4.14. The molecule has 0 saturated carbocycles. The van der Waals surface area contributed by atoms with E-state index in [0.29, 0.717) is 12.3 Å². The van der Waals surface area contributed by atoms with Crippen molar-refractivity contribution in [3.8, 4) is 11.5 Å².